The standard InChI is InChI=1S/C9H7Cl2N3S/c10-8-7-5(13-9(11)14-8)2-6(15-7)3-1-4(3)12/h2-4H,1,12H2. The van der Waals surface area contributed by atoms with Gasteiger partial charge in [-0.05, 0) is 24.1 Å². The van der Waals surface area contributed by atoms with Gasteiger partial charge in [-0.1, -0.05) is 11.6 Å². The highest BCUT2D eigenvalue weighted by atomic mass is 35.5. The Hall–Kier alpha value is -0.420. The zero-order chi connectivity index (χ0) is 10.6. The van der Waals surface area contributed by atoms with E-state index in [2.05, 4.69) is 9.97 Å². The minimum absolute atomic E-state index is 0.192. The number of halogens is 2. The van der Waals surface area contributed by atoms with Crippen molar-refractivity contribution in [2.75, 3.05) is 0 Å². The average Bonchev–Trinajstić information content (AvgIpc) is 2.74. The van der Waals surface area contributed by atoms with Gasteiger partial charge in [0, 0.05) is 16.8 Å². The van der Waals surface area contributed by atoms with Crippen molar-refractivity contribution in [3.05, 3.63) is 21.4 Å². The number of aromatic nitrogens is 2. The maximum atomic E-state index is 5.98. The quantitative estimate of drug-likeness (QED) is 0.633. The molecule has 0 amide bonds. The van der Waals surface area contributed by atoms with E-state index in [1.165, 1.54) is 4.88 Å². The first kappa shape index (κ1) is 9.78. The lowest BCUT2D eigenvalue weighted by Crippen LogP contribution is -1.99. The first-order valence-corrected chi connectivity index (χ1v) is 6.10. The average molecular weight is 260 g/mol. The molecule has 1 aliphatic carbocycles. The molecule has 0 aromatic carbocycles. The molecule has 78 valence electrons. The molecule has 2 aromatic heterocycles. The van der Waals surface area contributed by atoms with Crippen molar-refractivity contribution in [2.45, 2.75) is 18.4 Å². The lowest BCUT2D eigenvalue weighted by atomic mass is 10.3. The van der Waals surface area contributed by atoms with Gasteiger partial charge in [-0.2, -0.15) is 0 Å². The Bertz CT molecular complexity index is 539. The summed E-state index contributed by atoms with van der Waals surface area (Å²) in [6.07, 6.45) is 1.05. The summed E-state index contributed by atoms with van der Waals surface area (Å²) in [7, 11) is 0. The summed E-state index contributed by atoms with van der Waals surface area (Å²) in [6, 6.07) is 2.30. The second kappa shape index (κ2) is 3.28. The molecule has 0 spiro atoms. The first-order valence-electron chi connectivity index (χ1n) is 4.53. The van der Waals surface area contributed by atoms with Gasteiger partial charge in [0.05, 0.1) is 10.2 Å². The Labute approximate surface area is 100 Å². The number of nitrogens with zero attached hydrogens (tertiary/aromatic N) is 2. The summed E-state index contributed by atoms with van der Waals surface area (Å²) < 4.78 is 0.898. The molecule has 2 heterocycles. The van der Waals surface area contributed by atoms with E-state index in [0.717, 1.165) is 16.6 Å². The van der Waals surface area contributed by atoms with E-state index in [9.17, 15) is 0 Å². The SMILES string of the molecule is NC1CC1c1cc2nc(Cl)nc(Cl)c2s1. The van der Waals surface area contributed by atoms with Crippen LogP contribution in [0.4, 0.5) is 0 Å². The summed E-state index contributed by atoms with van der Waals surface area (Å²) in [5, 5.41) is 0.618. The zero-order valence-electron chi connectivity index (χ0n) is 7.58. The predicted octanol–water partition coefficient (Wildman–Crippen LogP) is 2.81. The molecule has 2 aromatic rings. The molecule has 2 N–H and O–H groups in total. The molecule has 0 radical (unpaired) electrons. The van der Waals surface area contributed by atoms with Crippen molar-refractivity contribution in [3.8, 4) is 0 Å². The van der Waals surface area contributed by atoms with E-state index < -0.39 is 0 Å². The minimum Gasteiger partial charge on any atom is -0.327 e. The normalized spacial score (nSPS) is 24.7. The van der Waals surface area contributed by atoms with Gasteiger partial charge in [0.1, 0.15) is 0 Å². The fourth-order valence-electron chi connectivity index (χ4n) is 1.61. The fraction of sp³-hybridized carbons (Fsp3) is 0.333. The Morgan fingerprint density at radius 1 is 1.40 bits per heavy atom. The number of hydrogen-bond acceptors (Lipinski definition) is 4. The van der Waals surface area contributed by atoms with Crippen molar-refractivity contribution in [1.29, 1.82) is 0 Å². The molecule has 1 aliphatic rings. The Morgan fingerprint density at radius 2 is 2.13 bits per heavy atom. The fourth-order valence-corrected chi connectivity index (χ4v) is 3.29. The van der Waals surface area contributed by atoms with Crippen LogP contribution in [0.3, 0.4) is 0 Å². The minimum atomic E-state index is 0.192. The third kappa shape index (κ3) is 1.61. The van der Waals surface area contributed by atoms with Gasteiger partial charge in [-0.15, -0.1) is 11.3 Å². The molecule has 3 nitrogen and oxygen atoms in total. The van der Waals surface area contributed by atoms with E-state index in [1.807, 2.05) is 6.07 Å². The van der Waals surface area contributed by atoms with E-state index in [0.29, 0.717) is 17.1 Å². The Kier molecular flexibility index (Phi) is 2.14. The highest BCUT2D eigenvalue weighted by Crippen LogP contribution is 2.44. The zero-order valence-corrected chi connectivity index (χ0v) is 9.90. The van der Waals surface area contributed by atoms with Gasteiger partial charge in [0.2, 0.25) is 5.28 Å². The van der Waals surface area contributed by atoms with Crippen molar-refractivity contribution in [2.24, 2.45) is 5.73 Å². The largest absolute Gasteiger partial charge is 0.327 e. The van der Waals surface area contributed by atoms with Crippen LogP contribution in [0.2, 0.25) is 10.4 Å². The van der Waals surface area contributed by atoms with Gasteiger partial charge in [-0.25, -0.2) is 9.97 Å². The van der Waals surface area contributed by atoms with Gasteiger partial charge < -0.3 is 5.73 Å². The molecule has 6 heteroatoms. The van der Waals surface area contributed by atoms with E-state index >= 15 is 0 Å². The van der Waals surface area contributed by atoms with Gasteiger partial charge in [0.15, 0.2) is 5.15 Å². The van der Waals surface area contributed by atoms with Crippen molar-refractivity contribution in [1.82, 2.24) is 9.97 Å². The summed E-state index contributed by atoms with van der Waals surface area (Å²) in [4.78, 5) is 9.28. The second-order valence-corrected chi connectivity index (χ2v) is 5.43. The van der Waals surface area contributed by atoms with Crippen LogP contribution in [0.15, 0.2) is 6.07 Å². The monoisotopic (exact) mass is 259 g/mol. The van der Waals surface area contributed by atoms with Crippen molar-refractivity contribution < 1.29 is 0 Å². The number of fused-ring (bicyclic) bond motifs is 1. The molecule has 1 saturated carbocycles. The molecule has 0 bridgehead atoms. The molecule has 0 saturated heterocycles. The number of rotatable bonds is 1. The van der Waals surface area contributed by atoms with Crippen LogP contribution in [-0.4, -0.2) is 16.0 Å². The number of nitrogens with two attached hydrogens (primary N) is 1. The third-order valence-electron chi connectivity index (χ3n) is 2.53. The Morgan fingerprint density at radius 3 is 2.80 bits per heavy atom. The van der Waals surface area contributed by atoms with Crippen molar-refractivity contribution >= 4 is 44.8 Å². The van der Waals surface area contributed by atoms with Crippen LogP contribution in [0.25, 0.3) is 10.2 Å². The maximum Gasteiger partial charge on any atom is 0.224 e. The lowest BCUT2D eigenvalue weighted by Gasteiger charge is -1.91. The summed E-state index contributed by atoms with van der Waals surface area (Å²) in [6.45, 7) is 0. The summed E-state index contributed by atoms with van der Waals surface area (Å²) in [5.74, 6) is 0.471. The van der Waals surface area contributed by atoms with Crippen LogP contribution < -0.4 is 5.73 Å². The predicted molar refractivity (Wildman–Crippen MR) is 62.8 cm³/mol. The summed E-state index contributed by atoms with van der Waals surface area (Å²) in [5.41, 5.74) is 6.62. The van der Waals surface area contributed by atoms with E-state index in [-0.39, 0.29) is 5.28 Å². The molecule has 0 aliphatic heterocycles. The Balaban J connectivity index is 2.17. The highest BCUT2D eigenvalue weighted by molar-refractivity contribution is 7.19. The molecule has 1 fully saturated rings. The van der Waals surface area contributed by atoms with Crippen LogP contribution in [-0.2, 0) is 0 Å². The van der Waals surface area contributed by atoms with E-state index in [1.54, 1.807) is 11.3 Å². The molecule has 2 unspecified atom stereocenters. The molecular formula is C9H7Cl2N3S. The molecule has 15 heavy (non-hydrogen) atoms. The van der Waals surface area contributed by atoms with Crippen LogP contribution >= 0.6 is 34.5 Å². The van der Waals surface area contributed by atoms with Gasteiger partial charge in [0.25, 0.3) is 0 Å². The molecule has 3 rings (SSSR count). The summed E-state index contributed by atoms with van der Waals surface area (Å²) >= 11 is 13.3. The van der Waals surface area contributed by atoms with Gasteiger partial charge >= 0.3 is 0 Å². The molecular weight excluding hydrogens is 253 g/mol. The van der Waals surface area contributed by atoms with Crippen LogP contribution in [0.1, 0.15) is 17.2 Å². The van der Waals surface area contributed by atoms with Gasteiger partial charge in [-0.3, -0.25) is 0 Å². The van der Waals surface area contributed by atoms with Crippen LogP contribution in [0, 0.1) is 0 Å². The topological polar surface area (TPSA) is 51.8 Å². The molecule has 2 atom stereocenters. The number of thiophene rings is 1. The van der Waals surface area contributed by atoms with Crippen LogP contribution in [0.5, 0.6) is 0 Å². The highest BCUT2D eigenvalue weighted by Gasteiger charge is 2.36. The second-order valence-electron chi connectivity index (χ2n) is 3.65. The third-order valence-corrected chi connectivity index (χ3v) is 4.34. The van der Waals surface area contributed by atoms with E-state index in [4.69, 9.17) is 28.9 Å². The van der Waals surface area contributed by atoms with Crippen molar-refractivity contribution in [3.63, 3.8) is 0 Å². The first-order chi connectivity index (χ1) is 7.15. The number of hydrogen-bond donors (Lipinski definition) is 1. The maximum absolute atomic E-state index is 5.98. The smallest absolute Gasteiger partial charge is 0.224 e. The lowest BCUT2D eigenvalue weighted by molar-refractivity contribution is 1.01.